The van der Waals surface area contributed by atoms with Crippen LogP contribution in [0.15, 0.2) is 18.3 Å². The SMILES string of the molecule is CC(C)NCc1ccc(COC(C)C(C)C)nc1. The van der Waals surface area contributed by atoms with Gasteiger partial charge in [-0.1, -0.05) is 33.8 Å². The molecule has 1 atom stereocenters. The van der Waals surface area contributed by atoms with Gasteiger partial charge in [-0.3, -0.25) is 4.98 Å². The quantitative estimate of drug-likeness (QED) is 0.807. The minimum Gasteiger partial charge on any atom is -0.372 e. The van der Waals surface area contributed by atoms with Crippen molar-refractivity contribution in [2.45, 2.75) is 59.9 Å². The Morgan fingerprint density at radius 1 is 1.17 bits per heavy atom. The van der Waals surface area contributed by atoms with Crippen LogP contribution in [-0.4, -0.2) is 17.1 Å². The van der Waals surface area contributed by atoms with Crippen molar-refractivity contribution >= 4 is 0 Å². The van der Waals surface area contributed by atoms with E-state index in [-0.39, 0.29) is 6.10 Å². The third-order valence-corrected chi connectivity index (χ3v) is 3.03. The van der Waals surface area contributed by atoms with Crippen LogP contribution in [0.3, 0.4) is 0 Å². The molecule has 1 rings (SSSR count). The van der Waals surface area contributed by atoms with Crippen LogP contribution >= 0.6 is 0 Å². The van der Waals surface area contributed by atoms with Crippen molar-refractivity contribution in [3.05, 3.63) is 29.6 Å². The molecule has 18 heavy (non-hydrogen) atoms. The molecule has 102 valence electrons. The molecule has 0 aliphatic heterocycles. The fraction of sp³-hybridized carbons (Fsp3) is 0.667. The van der Waals surface area contributed by atoms with Gasteiger partial charge >= 0.3 is 0 Å². The first kappa shape index (κ1) is 15.1. The maximum atomic E-state index is 5.75. The Morgan fingerprint density at radius 3 is 2.39 bits per heavy atom. The molecular weight excluding hydrogens is 224 g/mol. The average molecular weight is 250 g/mol. The molecule has 3 heteroatoms. The second-order valence-electron chi connectivity index (χ2n) is 5.45. The monoisotopic (exact) mass is 250 g/mol. The van der Waals surface area contributed by atoms with Crippen LogP contribution in [0, 0.1) is 5.92 Å². The summed E-state index contributed by atoms with van der Waals surface area (Å²) < 4.78 is 5.75. The van der Waals surface area contributed by atoms with E-state index in [4.69, 9.17) is 4.74 Å². The molecular formula is C15H26N2O. The second kappa shape index (κ2) is 7.49. The van der Waals surface area contributed by atoms with Crippen molar-refractivity contribution < 1.29 is 4.74 Å². The van der Waals surface area contributed by atoms with Crippen molar-refractivity contribution in [3.63, 3.8) is 0 Å². The van der Waals surface area contributed by atoms with Gasteiger partial charge in [0.25, 0.3) is 0 Å². The third-order valence-electron chi connectivity index (χ3n) is 3.03. The first-order valence-electron chi connectivity index (χ1n) is 6.77. The van der Waals surface area contributed by atoms with Gasteiger partial charge in [-0.25, -0.2) is 0 Å². The molecule has 0 aliphatic carbocycles. The number of nitrogens with one attached hydrogen (secondary N) is 1. The summed E-state index contributed by atoms with van der Waals surface area (Å²) in [7, 11) is 0. The molecule has 1 heterocycles. The highest BCUT2D eigenvalue weighted by Crippen LogP contribution is 2.09. The summed E-state index contributed by atoms with van der Waals surface area (Å²) in [6.45, 7) is 12.2. The zero-order valence-electron chi connectivity index (χ0n) is 12.2. The number of aromatic nitrogens is 1. The maximum Gasteiger partial charge on any atom is 0.0891 e. The third kappa shape index (κ3) is 5.61. The fourth-order valence-electron chi connectivity index (χ4n) is 1.38. The normalized spacial score (nSPS) is 13.3. The minimum atomic E-state index is 0.272. The van der Waals surface area contributed by atoms with Gasteiger partial charge < -0.3 is 10.1 Å². The Bertz CT molecular complexity index is 333. The van der Waals surface area contributed by atoms with Crippen LogP contribution in [0.1, 0.15) is 45.9 Å². The largest absolute Gasteiger partial charge is 0.372 e. The Morgan fingerprint density at radius 2 is 1.89 bits per heavy atom. The highest BCUT2D eigenvalue weighted by atomic mass is 16.5. The Labute approximate surface area is 111 Å². The number of rotatable bonds is 7. The molecule has 0 amide bonds. The van der Waals surface area contributed by atoms with Gasteiger partial charge in [0, 0.05) is 18.8 Å². The van der Waals surface area contributed by atoms with Crippen LogP contribution in [0.5, 0.6) is 0 Å². The van der Waals surface area contributed by atoms with E-state index in [1.165, 1.54) is 5.56 Å². The Kier molecular flexibility index (Phi) is 6.30. The molecule has 3 nitrogen and oxygen atoms in total. The molecule has 1 aromatic heterocycles. The number of hydrogen-bond donors (Lipinski definition) is 1. The predicted octanol–water partition coefficient (Wildman–Crippen LogP) is 3.14. The van der Waals surface area contributed by atoms with E-state index in [2.05, 4.69) is 51.0 Å². The van der Waals surface area contributed by atoms with E-state index in [1.54, 1.807) is 0 Å². The van der Waals surface area contributed by atoms with E-state index in [1.807, 2.05) is 12.3 Å². The standard InChI is InChI=1S/C15H26N2O/c1-11(2)13(5)18-10-15-7-6-14(9-17-15)8-16-12(3)4/h6-7,9,11-13,16H,8,10H2,1-5H3. The summed E-state index contributed by atoms with van der Waals surface area (Å²) in [6.07, 6.45) is 2.20. The van der Waals surface area contributed by atoms with Gasteiger partial charge in [0.2, 0.25) is 0 Å². The lowest BCUT2D eigenvalue weighted by Gasteiger charge is -2.16. The lowest BCUT2D eigenvalue weighted by atomic mass is 10.1. The zero-order chi connectivity index (χ0) is 13.5. The van der Waals surface area contributed by atoms with Gasteiger partial charge in [-0.2, -0.15) is 0 Å². The summed E-state index contributed by atoms with van der Waals surface area (Å²) >= 11 is 0. The molecule has 0 spiro atoms. The Hall–Kier alpha value is -0.930. The molecule has 0 bridgehead atoms. The van der Waals surface area contributed by atoms with E-state index in [9.17, 15) is 0 Å². The summed E-state index contributed by atoms with van der Waals surface area (Å²) in [4.78, 5) is 4.42. The fourth-order valence-corrected chi connectivity index (χ4v) is 1.38. The lowest BCUT2D eigenvalue weighted by Crippen LogP contribution is -2.21. The minimum absolute atomic E-state index is 0.272. The molecule has 1 aromatic rings. The molecule has 0 saturated carbocycles. The molecule has 1 unspecified atom stereocenters. The first-order valence-corrected chi connectivity index (χ1v) is 6.77. The summed E-state index contributed by atoms with van der Waals surface area (Å²) in [5.41, 5.74) is 2.21. The highest BCUT2D eigenvalue weighted by Gasteiger charge is 2.07. The average Bonchev–Trinajstić information content (AvgIpc) is 2.34. The van der Waals surface area contributed by atoms with Gasteiger partial charge in [-0.05, 0) is 24.5 Å². The van der Waals surface area contributed by atoms with Crippen molar-refractivity contribution in [1.29, 1.82) is 0 Å². The summed E-state index contributed by atoms with van der Waals surface area (Å²) in [5, 5.41) is 3.38. The van der Waals surface area contributed by atoms with Crippen LogP contribution in [0.2, 0.25) is 0 Å². The van der Waals surface area contributed by atoms with Crippen molar-refractivity contribution in [2.75, 3.05) is 0 Å². The summed E-state index contributed by atoms with van der Waals surface area (Å²) in [6, 6.07) is 4.66. The number of hydrogen-bond acceptors (Lipinski definition) is 3. The van der Waals surface area contributed by atoms with Crippen LogP contribution < -0.4 is 5.32 Å². The lowest BCUT2D eigenvalue weighted by molar-refractivity contribution is 0.0218. The van der Waals surface area contributed by atoms with E-state index < -0.39 is 0 Å². The molecule has 0 aliphatic rings. The van der Waals surface area contributed by atoms with Crippen molar-refractivity contribution in [3.8, 4) is 0 Å². The van der Waals surface area contributed by atoms with Gasteiger partial charge in [0.15, 0.2) is 0 Å². The smallest absolute Gasteiger partial charge is 0.0891 e. The number of ether oxygens (including phenoxy) is 1. The number of pyridine rings is 1. The zero-order valence-corrected chi connectivity index (χ0v) is 12.2. The molecule has 0 fully saturated rings. The summed E-state index contributed by atoms with van der Waals surface area (Å²) in [5.74, 6) is 0.541. The molecule has 0 aromatic carbocycles. The van der Waals surface area contributed by atoms with E-state index >= 15 is 0 Å². The molecule has 0 radical (unpaired) electrons. The number of nitrogens with zero attached hydrogens (tertiary/aromatic N) is 1. The van der Waals surface area contributed by atoms with Gasteiger partial charge in [0.1, 0.15) is 0 Å². The topological polar surface area (TPSA) is 34.1 Å². The molecule has 0 saturated heterocycles. The van der Waals surface area contributed by atoms with Crippen molar-refractivity contribution in [2.24, 2.45) is 5.92 Å². The molecule has 1 N–H and O–H groups in total. The predicted molar refractivity (Wildman–Crippen MR) is 75.3 cm³/mol. The van der Waals surface area contributed by atoms with Gasteiger partial charge in [-0.15, -0.1) is 0 Å². The van der Waals surface area contributed by atoms with Crippen LogP contribution in [0.4, 0.5) is 0 Å². The Balaban J connectivity index is 2.40. The van der Waals surface area contributed by atoms with Crippen molar-refractivity contribution in [1.82, 2.24) is 10.3 Å². The van der Waals surface area contributed by atoms with E-state index in [0.717, 1.165) is 12.2 Å². The van der Waals surface area contributed by atoms with E-state index in [0.29, 0.717) is 18.6 Å². The van der Waals surface area contributed by atoms with Crippen LogP contribution in [0.25, 0.3) is 0 Å². The highest BCUT2D eigenvalue weighted by molar-refractivity contribution is 5.13. The van der Waals surface area contributed by atoms with Crippen LogP contribution in [-0.2, 0) is 17.9 Å². The second-order valence-corrected chi connectivity index (χ2v) is 5.45. The first-order chi connectivity index (χ1) is 8.49. The van der Waals surface area contributed by atoms with Gasteiger partial charge in [0.05, 0.1) is 18.4 Å². The maximum absolute atomic E-state index is 5.75.